The summed E-state index contributed by atoms with van der Waals surface area (Å²) in [5, 5.41) is 13.7. The Hall–Kier alpha value is -3.52. The number of anilines is 1. The minimum absolute atomic E-state index is 0.0964. The summed E-state index contributed by atoms with van der Waals surface area (Å²) in [4.78, 5) is 13.8. The Balaban J connectivity index is 1.55. The molecule has 5 aromatic rings. The van der Waals surface area contributed by atoms with Gasteiger partial charge in [0.2, 0.25) is 5.95 Å². The Morgan fingerprint density at radius 3 is 2.50 bits per heavy atom. The largest absolute Gasteiger partial charge is 0.392 e. The third kappa shape index (κ3) is 4.46. The molecule has 2 aromatic carbocycles. The average Bonchev–Trinajstić information content (AvgIpc) is 3.24. The van der Waals surface area contributed by atoms with E-state index in [0.29, 0.717) is 39.6 Å². The Labute approximate surface area is 204 Å². The van der Waals surface area contributed by atoms with E-state index < -0.39 is 0 Å². The van der Waals surface area contributed by atoms with Crippen molar-refractivity contribution in [2.45, 2.75) is 13.2 Å². The molecule has 0 saturated carbocycles. The van der Waals surface area contributed by atoms with E-state index >= 15 is 0 Å². The van der Waals surface area contributed by atoms with Crippen LogP contribution in [0.1, 0.15) is 11.1 Å². The van der Waals surface area contributed by atoms with Gasteiger partial charge < -0.3 is 10.4 Å². The second-order valence-electron chi connectivity index (χ2n) is 7.60. The van der Waals surface area contributed by atoms with Crippen LogP contribution in [0.15, 0.2) is 73.1 Å². The highest BCUT2D eigenvalue weighted by atomic mass is 35.5. The number of nitrogens with zero attached hydrogens (tertiary/aromatic N) is 4. The van der Waals surface area contributed by atoms with E-state index in [1.54, 1.807) is 42.6 Å². The summed E-state index contributed by atoms with van der Waals surface area (Å²) in [6.45, 7) is 0.360. The third-order valence-corrected chi connectivity index (χ3v) is 6.06. The second kappa shape index (κ2) is 9.38. The van der Waals surface area contributed by atoms with Crippen LogP contribution < -0.4 is 5.32 Å². The fraction of sp³-hybridized carbons (Fsp3) is 0.0800. The molecule has 170 valence electrons. The summed E-state index contributed by atoms with van der Waals surface area (Å²) >= 11 is 12.1. The van der Waals surface area contributed by atoms with E-state index in [9.17, 15) is 9.50 Å². The van der Waals surface area contributed by atoms with Crippen LogP contribution in [-0.4, -0.2) is 24.5 Å². The SMILES string of the molecule is OCc1ccn2c(-c3ccnc(NCc4ccc(Cl)c(Cl)c4)n3)c(-c3ccc(F)cc3)nc2c1. The Kier molecular flexibility index (Phi) is 6.15. The summed E-state index contributed by atoms with van der Waals surface area (Å²) in [6.07, 6.45) is 3.50. The molecule has 0 spiro atoms. The van der Waals surface area contributed by atoms with Gasteiger partial charge in [-0.15, -0.1) is 0 Å². The number of fused-ring (bicyclic) bond motifs is 1. The van der Waals surface area contributed by atoms with Crippen LogP contribution in [0.2, 0.25) is 10.0 Å². The lowest BCUT2D eigenvalue weighted by molar-refractivity contribution is 0.282. The molecule has 2 N–H and O–H groups in total. The fourth-order valence-corrected chi connectivity index (χ4v) is 3.97. The van der Waals surface area contributed by atoms with Gasteiger partial charge in [0.15, 0.2) is 0 Å². The maximum atomic E-state index is 13.6. The topological polar surface area (TPSA) is 75.3 Å². The maximum Gasteiger partial charge on any atom is 0.223 e. The van der Waals surface area contributed by atoms with Crippen molar-refractivity contribution >= 4 is 34.8 Å². The number of aliphatic hydroxyl groups excluding tert-OH is 1. The second-order valence-corrected chi connectivity index (χ2v) is 8.42. The molecular formula is C25H18Cl2FN5O. The van der Waals surface area contributed by atoms with Crippen molar-refractivity contribution in [2.24, 2.45) is 0 Å². The molecule has 0 aliphatic carbocycles. The Morgan fingerprint density at radius 2 is 1.74 bits per heavy atom. The molecule has 0 amide bonds. The molecular weight excluding hydrogens is 476 g/mol. The number of aromatic nitrogens is 4. The summed E-state index contributed by atoms with van der Waals surface area (Å²) in [5.74, 6) is 0.100. The Bertz CT molecular complexity index is 1490. The van der Waals surface area contributed by atoms with Crippen LogP contribution in [0.25, 0.3) is 28.3 Å². The van der Waals surface area contributed by atoms with Gasteiger partial charge in [-0.2, -0.15) is 0 Å². The van der Waals surface area contributed by atoms with Crippen LogP contribution in [0, 0.1) is 5.82 Å². The third-order valence-electron chi connectivity index (χ3n) is 5.32. The van der Waals surface area contributed by atoms with Crippen LogP contribution in [0.4, 0.5) is 10.3 Å². The molecule has 5 rings (SSSR count). The maximum absolute atomic E-state index is 13.6. The van der Waals surface area contributed by atoms with Gasteiger partial charge in [0, 0.05) is 24.5 Å². The van der Waals surface area contributed by atoms with Crippen molar-refractivity contribution in [2.75, 3.05) is 5.32 Å². The first-order valence-electron chi connectivity index (χ1n) is 10.4. The number of pyridine rings is 1. The molecule has 0 atom stereocenters. The van der Waals surface area contributed by atoms with Crippen molar-refractivity contribution in [3.05, 3.63) is 100 Å². The van der Waals surface area contributed by atoms with E-state index in [2.05, 4.69) is 10.3 Å². The monoisotopic (exact) mass is 493 g/mol. The van der Waals surface area contributed by atoms with Crippen LogP contribution in [0.3, 0.4) is 0 Å². The van der Waals surface area contributed by atoms with Crippen molar-refractivity contribution < 1.29 is 9.50 Å². The fourth-order valence-electron chi connectivity index (χ4n) is 3.65. The summed E-state index contributed by atoms with van der Waals surface area (Å²) in [7, 11) is 0. The number of nitrogens with one attached hydrogen (secondary N) is 1. The number of hydrogen-bond acceptors (Lipinski definition) is 5. The normalized spacial score (nSPS) is 11.2. The van der Waals surface area contributed by atoms with Gasteiger partial charge in [-0.05, 0) is 65.7 Å². The van der Waals surface area contributed by atoms with Crippen molar-refractivity contribution in [3.63, 3.8) is 0 Å². The number of rotatable bonds is 6. The molecule has 3 aromatic heterocycles. The molecule has 0 fully saturated rings. The number of imidazole rings is 1. The first-order chi connectivity index (χ1) is 16.5. The van der Waals surface area contributed by atoms with Crippen molar-refractivity contribution in [1.29, 1.82) is 0 Å². The highest BCUT2D eigenvalue weighted by Gasteiger charge is 2.18. The standard InChI is InChI=1S/C25H18Cl2FN5O/c26-19-6-1-15(11-20(19)27)13-30-25-29-9-7-21(31-25)24-23(17-2-4-18(28)5-3-17)32-22-12-16(14-34)8-10-33(22)24/h1-12,34H,13-14H2,(H,29,30,31). The van der Waals surface area contributed by atoms with Gasteiger partial charge in [0.05, 0.1) is 33.7 Å². The molecule has 0 saturated heterocycles. The molecule has 34 heavy (non-hydrogen) atoms. The zero-order chi connectivity index (χ0) is 23.7. The number of halogens is 3. The summed E-state index contributed by atoms with van der Waals surface area (Å²) < 4.78 is 15.4. The van der Waals surface area contributed by atoms with E-state index in [4.69, 9.17) is 33.2 Å². The predicted molar refractivity (Wildman–Crippen MR) is 131 cm³/mol. The smallest absolute Gasteiger partial charge is 0.223 e. The predicted octanol–water partition coefficient (Wildman–Crippen LogP) is 6.01. The Morgan fingerprint density at radius 1 is 0.912 bits per heavy atom. The molecule has 3 heterocycles. The molecule has 6 nitrogen and oxygen atoms in total. The summed E-state index contributed by atoms with van der Waals surface area (Å²) in [6, 6.07) is 17.0. The highest BCUT2D eigenvalue weighted by Crippen LogP contribution is 2.32. The van der Waals surface area contributed by atoms with Gasteiger partial charge in [0.25, 0.3) is 0 Å². The highest BCUT2D eigenvalue weighted by molar-refractivity contribution is 6.42. The first kappa shape index (κ1) is 22.3. The van der Waals surface area contributed by atoms with Crippen LogP contribution >= 0.6 is 23.2 Å². The van der Waals surface area contributed by atoms with Gasteiger partial charge in [-0.1, -0.05) is 29.3 Å². The zero-order valence-corrected chi connectivity index (χ0v) is 19.2. The minimum atomic E-state index is -0.326. The van der Waals surface area contributed by atoms with E-state index in [-0.39, 0.29) is 12.4 Å². The van der Waals surface area contributed by atoms with E-state index in [1.807, 2.05) is 22.7 Å². The number of benzene rings is 2. The molecule has 9 heteroatoms. The van der Waals surface area contributed by atoms with Crippen molar-refractivity contribution in [1.82, 2.24) is 19.4 Å². The first-order valence-corrected chi connectivity index (χ1v) is 11.2. The molecule has 0 aliphatic rings. The lowest BCUT2D eigenvalue weighted by Crippen LogP contribution is -2.04. The zero-order valence-electron chi connectivity index (χ0n) is 17.7. The lowest BCUT2D eigenvalue weighted by atomic mass is 10.1. The van der Waals surface area contributed by atoms with Gasteiger partial charge >= 0.3 is 0 Å². The summed E-state index contributed by atoms with van der Waals surface area (Å²) in [5.41, 5.74) is 5.06. The minimum Gasteiger partial charge on any atom is -0.392 e. The van der Waals surface area contributed by atoms with Crippen LogP contribution in [-0.2, 0) is 13.2 Å². The quantitative estimate of drug-likeness (QED) is 0.303. The lowest BCUT2D eigenvalue weighted by Gasteiger charge is -2.09. The van der Waals surface area contributed by atoms with E-state index in [1.165, 1.54) is 12.1 Å². The van der Waals surface area contributed by atoms with Gasteiger partial charge in [0.1, 0.15) is 11.5 Å². The number of hydrogen-bond donors (Lipinski definition) is 2. The average molecular weight is 494 g/mol. The molecule has 0 bridgehead atoms. The molecule has 0 aliphatic heterocycles. The number of aliphatic hydroxyl groups is 1. The molecule has 0 unspecified atom stereocenters. The van der Waals surface area contributed by atoms with Crippen LogP contribution in [0.5, 0.6) is 0 Å². The van der Waals surface area contributed by atoms with Crippen molar-refractivity contribution in [3.8, 4) is 22.6 Å². The molecule has 0 radical (unpaired) electrons. The van der Waals surface area contributed by atoms with E-state index in [0.717, 1.165) is 22.4 Å². The van der Waals surface area contributed by atoms with Gasteiger partial charge in [-0.25, -0.2) is 19.3 Å². The van der Waals surface area contributed by atoms with Gasteiger partial charge in [-0.3, -0.25) is 4.40 Å².